The molecule has 118 valence electrons. The molecule has 21 heavy (non-hydrogen) atoms. The highest BCUT2D eigenvalue weighted by Crippen LogP contribution is 2.44. The normalized spacial score (nSPS) is 19.9. The van der Waals surface area contributed by atoms with E-state index >= 15 is 0 Å². The Morgan fingerprint density at radius 3 is 2.67 bits per heavy atom. The van der Waals surface area contributed by atoms with Gasteiger partial charge in [0.25, 0.3) is 5.89 Å². The van der Waals surface area contributed by atoms with Gasteiger partial charge in [0, 0.05) is 16.5 Å². The number of nitrogens with two attached hydrogens (primary N) is 1. The van der Waals surface area contributed by atoms with Crippen molar-refractivity contribution in [1.29, 1.82) is 0 Å². The number of hydrogen-bond acceptors (Lipinski definition) is 7. The molecule has 3 N–H and O–H groups in total. The lowest BCUT2D eigenvalue weighted by Crippen LogP contribution is -2.61. The molecule has 0 amide bonds. The Balaban J connectivity index is 2.47. The molecule has 7 nitrogen and oxygen atoms in total. The van der Waals surface area contributed by atoms with E-state index in [1.54, 1.807) is 0 Å². The van der Waals surface area contributed by atoms with Crippen molar-refractivity contribution in [2.75, 3.05) is 0 Å². The number of carbonyl (C=O) groups is 1. The maximum Gasteiger partial charge on any atom is 0.421 e. The third-order valence-corrected chi connectivity index (χ3v) is 3.47. The summed E-state index contributed by atoms with van der Waals surface area (Å²) >= 11 is 0. The van der Waals surface area contributed by atoms with E-state index < -0.39 is 29.4 Å². The number of halogens is 3. The summed E-state index contributed by atoms with van der Waals surface area (Å²) < 4.78 is 45.0. The van der Waals surface area contributed by atoms with Gasteiger partial charge in [0.15, 0.2) is 0 Å². The molecule has 2 rings (SSSR count). The van der Waals surface area contributed by atoms with Crippen molar-refractivity contribution >= 4 is 5.97 Å². The Bertz CT molecular complexity index is 535. The van der Waals surface area contributed by atoms with Gasteiger partial charge < -0.3 is 15.3 Å². The van der Waals surface area contributed by atoms with Crippen molar-refractivity contribution in [3.05, 3.63) is 11.8 Å². The van der Waals surface area contributed by atoms with E-state index in [9.17, 15) is 23.2 Å². The molecular weight excluding hydrogens is 295 g/mol. The summed E-state index contributed by atoms with van der Waals surface area (Å²) in [6, 6.07) is -1.65. The van der Waals surface area contributed by atoms with E-state index in [4.69, 9.17) is 10.2 Å². The zero-order valence-electron chi connectivity index (χ0n) is 11.1. The first kappa shape index (κ1) is 15.7. The number of aromatic nitrogens is 2. The van der Waals surface area contributed by atoms with E-state index in [0.29, 0.717) is 0 Å². The number of nitrogens with zero attached hydrogens (tertiary/aromatic N) is 2. The Kier molecular flexibility index (Phi) is 3.93. The third-order valence-electron chi connectivity index (χ3n) is 3.47. The van der Waals surface area contributed by atoms with Crippen molar-refractivity contribution in [2.24, 2.45) is 5.73 Å². The predicted molar refractivity (Wildman–Crippen MR) is 60.6 cm³/mol. The third kappa shape index (κ3) is 2.38. The molecule has 0 aromatic carbocycles. The zero-order chi connectivity index (χ0) is 15.8. The van der Waals surface area contributed by atoms with E-state index in [2.05, 4.69) is 15.1 Å². The average molecular weight is 309 g/mol. The Morgan fingerprint density at radius 1 is 1.57 bits per heavy atom. The largest absolute Gasteiger partial charge is 0.421 e. The Morgan fingerprint density at radius 2 is 2.19 bits per heavy atom. The summed E-state index contributed by atoms with van der Waals surface area (Å²) in [6.45, 7) is 1.39. The summed E-state index contributed by atoms with van der Waals surface area (Å²) in [5.74, 6) is -8.20. The average Bonchev–Trinajstić information content (AvgIpc) is 3.21. The van der Waals surface area contributed by atoms with E-state index in [-0.39, 0.29) is 18.2 Å². The molecule has 10 heteroatoms. The van der Waals surface area contributed by atoms with Gasteiger partial charge >= 0.3 is 11.9 Å². The molecule has 1 heterocycles. The second-order valence-electron chi connectivity index (χ2n) is 4.94. The van der Waals surface area contributed by atoms with Gasteiger partial charge in [0.2, 0.25) is 11.5 Å². The van der Waals surface area contributed by atoms with Crippen LogP contribution in [0.15, 0.2) is 4.42 Å². The van der Waals surface area contributed by atoms with E-state index in [1.807, 2.05) is 0 Å². The fraction of sp³-hybridized carbons (Fsp3) is 0.727. The minimum Gasteiger partial charge on any atom is -0.421 e. The molecule has 2 atom stereocenters. The van der Waals surface area contributed by atoms with Crippen LogP contribution < -0.4 is 5.73 Å². The van der Waals surface area contributed by atoms with Crippen LogP contribution in [0.2, 0.25) is 0 Å². The first-order chi connectivity index (χ1) is 9.78. The quantitative estimate of drug-likeness (QED) is 0.804. The van der Waals surface area contributed by atoms with Crippen LogP contribution in [-0.4, -0.2) is 33.2 Å². The van der Waals surface area contributed by atoms with E-state index in [0.717, 1.165) is 12.8 Å². The second kappa shape index (κ2) is 5.26. The van der Waals surface area contributed by atoms with Gasteiger partial charge in [-0.05, 0) is 19.3 Å². The topological polar surface area (TPSA) is 111 Å². The first-order valence-corrected chi connectivity index (χ1v) is 6.31. The summed E-state index contributed by atoms with van der Waals surface area (Å²) in [5, 5.41) is 17.2. The highest BCUT2D eigenvalue weighted by atomic mass is 19.3. The molecule has 1 aliphatic rings. The first-order valence-electron chi connectivity index (χ1n) is 6.31. The standard InChI is InChI=1S/C11H14F3N3O4/c1-2-6(15)10(19,11(12,13)9(18)21-14)8-17-16-7(20-8)5-3-4-5/h5-6,19H,2-4,15H2,1H3. The fourth-order valence-electron chi connectivity index (χ4n) is 1.91. The van der Waals surface area contributed by atoms with Crippen LogP contribution in [-0.2, 0) is 15.3 Å². The SMILES string of the molecule is CCC(N)C(O)(c1nnc(C2CC2)o1)C(F)(F)C(=O)OF. The molecule has 0 saturated heterocycles. The van der Waals surface area contributed by atoms with Crippen LogP contribution >= 0.6 is 0 Å². The number of alkyl halides is 2. The molecule has 1 aromatic heterocycles. The molecule has 0 spiro atoms. The van der Waals surface area contributed by atoms with E-state index in [1.165, 1.54) is 6.92 Å². The van der Waals surface area contributed by atoms with Crippen molar-refractivity contribution in [1.82, 2.24) is 10.2 Å². The van der Waals surface area contributed by atoms with Gasteiger partial charge in [-0.2, -0.15) is 8.78 Å². The van der Waals surface area contributed by atoms with Crippen molar-refractivity contribution < 1.29 is 32.6 Å². The highest BCUT2D eigenvalue weighted by molar-refractivity contribution is 5.79. The van der Waals surface area contributed by atoms with Crippen LogP contribution in [0.1, 0.15) is 43.9 Å². The molecule has 1 saturated carbocycles. The van der Waals surface area contributed by atoms with Gasteiger partial charge in [0.05, 0.1) is 0 Å². The molecule has 0 aliphatic heterocycles. The van der Waals surface area contributed by atoms with Crippen molar-refractivity contribution in [3.8, 4) is 0 Å². The zero-order valence-corrected chi connectivity index (χ0v) is 11.1. The Hall–Kier alpha value is -1.68. The van der Waals surface area contributed by atoms with Gasteiger partial charge in [-0.1, -0.05) is 6.92 Å². The van der Waals surface area contributed by atoms with Gasteiger partial charge in [0.1, 0.15) is 0 Å². The van der Waals surface area contributed by atoms with Gasteiger partial charge in [-0.25, -0.2) is 9.74 Å². The van der Waals surface area contributed by atoms with Crippen molar-refractivity contribution in [2.45, 2.75) is 49.7 Å². The second-order valence-corrected chi connectivity index (χ2v) is 4.94. The number of carbonyl (C=O) groups excluding carboxylic acids is 1. The molecule has 1 aliphatic carbocycles. The Labute approximate surface area is 117 Å². The lowest BCUT2D eigenvalue weighted by Gasteiger charge is -2.34. The minimum atomic E-state index is -4.69. The number of rotatable bonds is 6. The molecule has 1 aromatic rings. The number of aliphatic hydroxyl groups is 1. The summed E-state index contributed by atoms with van der Waals surface area (Å²) in [5.41, 5.74) is 2.12. The molecule has 0 radical (unpaired) electrons. The van der Waals surface area contributed by atoms with Gasteiger partial charge in [-0.3, -0.25) is 0 Å². The molecule has 1 fully saturated rings. The lowest BCUT2D eigenvalue weighted by molar-refractivity contribution is -0.254. The van der Waals surface area contributed by atoms with Crippen LogP contribution in [0, 0.1) is 0 Å². The molecule has 0 bridgehead atoms. The highest BCUT2D eigenvalue weighted by Gasteiger charge is 2.67. The van der Waals surface area contributed by atoms with Crippen molar-refractivity contribution in [3.63, 3.8) is 0 Å². The van der Waals surface area contributed by atoms with Gasteiger partial charge in [-0.15, -0.1) is 10.2 Å². The smallest absolute Gasteiger partial charge is 0.421 e. The number of hydrogen-bond donors (Lipinski definition) is 2. The lowest BCUT2D eigenvalue weighted by atomic mass is 9.86. The molecule has 2 unspecified atom stereocenters. The van der Waals surface area contributed by atoms with Crippen LogP contribution in [0.5, 0.6) is 0 Å². The minimum absolute atomic E-state index is 0.0601. The maximum absolute atomic E-state index is 14.0. The van der Waals surface area contributed by atoms with Crippen LogP contribution in [0.3, 0.4) is 0 Å². The molecular formula is C11H14F3N3O4. The summed E-state index contributed by atoms with van der Waals surface area (Å²) in [6.07, 6.45) is 1.35. The predicted octanol–water partition coefficient (Wildman–Crippen LogP) is 0.935. The maximum atomic E-state index is 14.0. The fourth-order valence-corrected chi connectivity index (χ4v) is 1.91. The summed E-state index contributed by atoms with van der Waals surface area (Å²) in [7, 11) is 0. The van der Waals surface area contributed by atoms with Crippen LogP contribution in [0.4, 0.5) is 13.3 Å². The monoisotopic (exact) mass is 309 g/mol. The summed E-state index contributed by atoms with van der Waals surface area (Å²) in [4.78, 5) is 13.5. The van der Waals surface area contributed by atoms with Crippen LogP contribution in [0.25, 0.3) is 0 Å².